The van der Waals surface area contributed by atoms with Gasteiger partial charge in [-0.25, -0.2) is 4.79 Å². The molecule has 0 aliphatic carbocycles. The summed E-state index contributed by atoms with van der Waals surface area (Å²) >= 11 is 7.29. The topological polar surface area (TPSA) is 94.1 Å². The van der Waals surface area contributed by atoms with Crippen molar-refractivity contribution in [3.8, 4) is 0 Å². The molecule has 0 amide bonds. The Hall–Kier alpha value is -2.10. The van der Waals surface area contributed by atoms with Crippen LogP contribution in [0.25, 0.3) is 0 Å². The Labute approximate surface area is 221 Å². The summed E-state index contributed by atoms with van der Waals surface area (Å²) in [5.41, 5.74) is 0.492. The van der Waals surface area contributed by atoms with Crippen LogP contribution in [0, 0.1) is 11.8 Å². The van der Waals surface area contributed by atoms with Gasteiger partial charge in [-0.05, 0) is 43.0 Å². The fourth-order valence-electron chi connectivity index (χ4n) is 4.36. The summed E-state index contributed by atoms with van der Waals surface area (Å²) in [7, 11) is 0. The van der Waals surface area contributed by atoms with Gasteiger partial charge in [0.25, 0.3) is 0 Å². The molecule has 1 heterocycles. The number of ether oxygens (including phenoxy) is 3. The van der Waals surface area contributed by atoms with Crippen molar-refractivity contribution in [2.24, 2.45) is 11.8 Å². The molecule has 1 aliphatic rings. The van der Waals surface area contributed by atoms with Crippen LogP contribution in [-0.2, 0) is 19.0 Å². The lowest BCUT2D eigenvalue weighted by molar-refractivity contribution is -0.180. The van der Waals surface area contributed by atoms with Crippen LogP contribution in [0.5, 0.6) is 0 Å². The first-order chi connectivity index (χ1) is 17.3. The van der Waals surface area contributed by atoms with E-state index in [0.717, 1.165) is 4.90 Å². The summed E-state index contributed by atoms with van der Waals surface area (Å²) in [4.78, 5) is 24.9. The molecule has 0 radical (unpaired) electrons. The van der Waals surface area contributed by atoms with Gasteiger partial charge in [-0.2, -0.15) is 0 Å². The highest BCUT2D eigenvalue weighted by molar-refractivity contribution is 8.00. The first kappa shape index (κ1) is 28.5. The number of halogens is 1. The van der Waals surface area contributed by atoms with E-state index in [9.17, 15) is 14.7 Å². The number of thioether (sulfide) groups is 1. The monoisotopic (exact) mass is 535 g/mol. The second kappa shape index (κ2) is 13.4. The van der Waals surface area contributed by atoms with E-state index in [-0.39, 0.29) is 37.0 Å². The van der Waals surface area contributed by atoms with E-state index in [0.29, 0.717) is 12.0 Å². The predicted molar refractivity (Wildman–Crippen MR) is 140 cm³/mol. The Balaban J connectivity index is 1.80. The number of aliphatic hydroxyl groups excluding tert-OH is 1. The molecule has 1 unspecified atom stereocenters. The number of hydrogen-bond acceptors (Lipinski definition) is 8. The van der Waals surface area contributed by atoms with E-state index >= 15 is 0 Å². The number of alkyl halides is 1. The lowest BCUT2D eigenvalue weighted by Crippen LogP contribution is -2.62. The average Bonchev–Trinajstić information content (AvgIpc) is 2.88. The number of nitrogens with one attached hydrogen (secondary N) is 1. The average molecular weight is 536 g/mol. The summed E-state index contributed by atoms with van der Waals surface area (Å²) in [5.74, 6) is -1.39. The molecule has 7 nitrogen and oxygen atoms in total. The molecule has 0 saturated carbocycles. The minimum absolute atomic E-state index is 0.0842. The number of hydrogen-bond donors (Lipinski definition) is 2. The largest absolute Gasteiger partial charge is 0.462 e. The molecule has 6 atom stereocenters. The van der Waals surface area contributed by atoms with Gasteiger partial charge in [-0.3, -0.25) is 10.1 Å². The Morgan fingerprint density at radius 2 is 1.81 bits per heavy atom. The van der Waals surface area contributed by atoms with Crippen molar-refractivity contribution in [3.63, 3.8) is 0 Å². The number of benzene rings is 2. The standard InChI is InChI=1S/C27H34ClNO6S/c1-18(16-33-26(32)20-10-6-4-7-11-20)19(2)25-24(29-17-30)22(34-23(31)15-28)14-27(3,35-25)36-21-12-8-5-9-13-21/h4-13,18-19,22,24-25,29-30H,14-17H2,1-3H3/t18-,19-,22-,24-,25?,27+/m1/s1. The van der Waals surface area contributed by atoms with Gasteiger partial charge in [0.1, 0.15) is 16.9 Å². The molecule has 0 aromatic heterocycles. The lowest BCUT2D eigenvalue weighted by atomic mass is 9.82. The maximum atomic E-state index is 12.5. The Kier molecular flexibility index (Phi) is 10.6. The van der Waals surface area contributed by atoms with E-state index in [1.54, 1.807) is 36.0 Å². The van der Waals surface area contributed by atoms with Gasteiger partial charge in [-0.15, -0.1) is 11.6 Å². The third kappa shape index (κ3) is 7.70. The van der Waals surface area contributed by atoms with Crippen LogP contribution in [0.15, 0.2) is 65.6 Å². The van der Waals surface area contributed by atoms with Crippen molar-refractivity contribution in [3.05, 3.63) is 66.2 Å². The predicted octanol–water partition coefficient (Wildman–Crippen LogP) is 4.47. The molecule has 36 heavy (non-hydrogen) atoms. The van der Waals surface area contributed by atoms with E-state index in [1.807, 2.05) is 57.2 Å². The summed E-state index contributed by atoms with van der Waals surface area (Å²) in [6, 6.07) is 18.2. The van der Waals surface area contributed by atoms with Crippen LogP contribution >= 0.6 is 23.4 Å². The van der Waals surface area contributed by atoms with Crippen LogP contribution in [-0.4, -0.2) is 59.4 Å². The fourth-order valence-corrected chi connectivity index (χ4v) is 5.62. The maximum absolute atomic E-state index is 12.5. The van der Waals surface area contributed by atoms with E-state index in [1.165, 1.54) is 0 Å². The molecule has 0 bridgehead atoms. The molecule has 1 fully saturated rings. The van der Waals surface area contributed by atoms with Crippen LogP contribution in [0.4, 0.5) is 0 Å². The summed E-state index contributed by atoms with van der Waals surface area (Å²) in [6.45, 7) is 5.85. The molecule has 9 heteroatoms. The number of carbonyl (C=O) groups excluding carboxylic acids is 2. The fraction of sp³-hybridized carbons (Fsp3) is 0.481. The second-order valence-corrected chi connectivity index (χ2v) is 11.0. The molecule has 1 aliphatic heterocycles. The van der Waals surface area contributed by atoms with E-state index < -0.39 is 29.2 Å². The third-order valence-corrected chi connectivity index (χ3v) is 7.83. The first-order valence-electron chi connectivity index (χ1n) is 12.0. The number of rotatable bonds is 11. The molecule has 2 aromatic rings. The Morgan fingerprint density at radius 1 is 1.17 bits per heavy atom. The number of aliphatic hydroxyl groups is 1. The van der Waals surface area contributed by atoms with Gasteiger partial charge in [0.15, 0.2) is 0 Å². The molecule has 0 spiro atoms. The van der Waals surface area contributed by atoms with Crippen LogP contribution < -0.4 is 5.32 Å². The van der Waals surface area contributed by atoms with Crippen LogP contribution in [0.1, 0.15) is 37.6 Å². The van der Waals surface area contributed by atoms with Crippen molar-refractivity contribution < 1.29 is 28.9 Å². The van der Waals surface area contributed by atoms with E-state index in [4.69, 9.17) is 25.8 Å². The van der Waals surface area contributed by atoms with Crippen LogP contribution in [0.2, 0.25) is 0 Å². The molecule has 3 rings (SSSR count). The van der Waals surface area contributed by atoms with Gasteiger partial charge in [-0.1, -0.05) is 62.0 Å². The number of carbonyl (C=O) groups is 2. The van der Waals surface area contributed by atoms with Crippen molar-refractivity contribution in [2.75, 3.05) is 19.2 Å². The summed E-state index contributed by atoms with van der Waals surface area (Å²) in [6.07, 6.45) is -0.636. The quantitative estimate of drug-likeness (QED) is 0.247. The van der Waals surface area contributed by atoms with Gasteiger partial charge in [0, 0.05) is 11.3 Å². The normalized spacial score (nSPS) is 25.5. The summed E-state index contributed by atoms with van der Waals surface area (Å²) in [5, 5.41) is 12.8. The van der Waals surface area contributed by atoms with Gasteiger partial charge < -0.3 is 19.3 Å². The van der Waals surface area contributed by atoms with Crippen molar-refractivity contribution in [1.29, 1.82) is 0 Å². The zero-order valence-electron chi connectivity index (χ0n) is 20.8. The molecule has 2 N–H and O–H groups in total. The smallest absolute Gasteiger partial charge is 0.338 e. The highest BCUT2D eigenvalue weighted by Gasteiger charge is 2.49. The van der Waals surface area contributed by atoms with Crippen molar-refractivity contribution in [2.45, 2.75) is 55.3 Å². The van der Waals surface area contributed by atoms with Gasteiger partial charge in [0.05, 0.1) is 31.0 Å². The SMILES string of the molecule is C[C@H](COC(=O)c1ccccc1)[C@@H](C)C1O[C@@](C)(Sc2ccccc2)C[C@@H](OC(=O)CCl)[C@H]1NCO. The number of esters is 2. The molecule has 196 valence electrons. The van der Waals surface area contributed by atoms with Gasteiger partial charge in [0.2, 0.25) is 0 Å². The van der Waals surface area contributed by atoms with Crippen molar-refractivity contribution in [1.82, 2.24) is 5.32 Å². The highest BCUT2D eigenvalue weighted by atomic mass is 35.5. The molecule has 2 aromatic carbocycles. The zero-order chi connectivity index (χ0) is 26.1. The zero-order valence-corrected chi connectivity index (χ0v) is 22.3. The molecule has 1 saturated heterocycles. The molecular weight excluding hydrogens is 502 g/mol. The molecular formula is C27H34ClNO6S. The minimum atomic E-state index is -0.717. The Morgan fingerprint density at radius 3 is 2.42 bits per heavy atom. The highest BCUT2D eigenvalue weighted by Crippen LogP contribution is 2.45. The third-order valence-electron chi connectivity index (χ3n) is 6.41. The van der Waals surface area contributed by atoms with Crippen LogP contribution in [0.3, 0.4) is 0 Å². The van der Waals surface area contributed by atoms with Crippen molar-refractivity contribution >= 4 is 35.3 Å². The first-order valence-corrected chi connectivity index (χ1v) is 13.3. The lowest BCUT2D eigenvalue weighted by Gasteiger charge is -2.49. The minimum Gasteiger partial charge on any atom is -0.462 e. The summed E-state index contributed by atoms with van der Waals surface area (Å²) < 4.78 is 18.0. The maximum Gasteiger partial charge on any atom is 0.338 e. The van der Waals surface area contributed by atoms with Gasteiger partial charge >= 0.3 is 11.9 Å². The van der Waals surface area contributed by atoms with E-state index in [2.05, 4.69) is 5.32 Å². The Bertz CT molecular complexity index is 981. The second-order valence-electron chi connectivity index (χ2n) is 9.19.